The van der Waals surface area contributed by atoms with Gasteiger partial charge in [0.25, 0.3) is 0 Å². The van der Waals surface area contributed by atoms with E-state index in [-0.39, 0.29) is 13.0 Å². The van der Waals surface area contributed by atoms with E-state index in [1.165, 1.54) is 64.2 Å². The molecule has 3 atom stereocenters. The topological polar surface area (TPSA) is 132 Å². The molecule has 0 bridgehead atoms. The van der Waals surface area contributed by atoms with Gasteiger partial charge in [-0.25, -0.2) is 4.57 Å². The lowest BCUT2D eigenvalue weighted by molar-refractivity contribution is -0.153. The predicted molar refractivity (Wildman–Crippen MR) is 214 cm³/mol. The van der Waals surface area contributed by atoms with Crippen molar-refractivity contribution in [2.24, 2.45) is 0 Å². The molecular weight excluding hydrogens is 679 g/mol. The molecule has 0 rings (SSSR count). The fourth-order valence-electron chi connectivity index (χ4n) is 4.89. The molecule has 52 heavy (non-hydrogen) atoms. The smallest absolute Gasteiger partial charge is 0.457 e. The number of aliphatic hydroxyl groups is 2. The Morgan fingerprint density at radius 2 is 1.10 bits per heavy atom. The van der Waals surface area contributed by atoms with E-state index in [1.54, 1.807) is 6.08 Å². The lowest BCUT2D eigenvalue weighted by Crippen LogP contribution is -2.28. The van der Waals surface area contributed by atoms with Gasteiger partial charge in [-0.1, -0.05) is 145 Å². The Morgan fingerprint density at radius 1 is 0.615 bits per heavy atom. The van der Waals surface area contributed by atoms with Crippen molar-refractivity contribution in [3.05, 3.63) is 72.9 Å². The fraction of sp³-hybridized carbons (Fsp3) is 0.690. The van der Waals surface area contributed by atoms with Crippen LogP contribution in [0.1, 0.15) is 142 Å². The van der Waals surface area contributed by atoms with Crippen LogP contribution < -0.4 is 0 Å². The van der Waals surface area contributed by atoms with Gasteiger partial charge in [-0.15, -0.1) is 0 Å². The molecule has 0 aromatic heterocycles. The van der Waals surface area contributed by atoms with Crippen LogP contribution in [0.15, 0.2) is 72.9 Å². The van der Waals surface area contributed by atoms with E-state index in [1.807, 2.05) is 12.2 Å². The van der Waals surface area contributed by atoms with Crippen LogP contribution in [-0.4, -0.2) is 66.3 Å². The summed E-state index contributed by atoms with van der Waals surface area (Å²) in [6.45, 7) is 3.23. The molecule has 0 aliphatic carbocycles. The number of aliphatic hydroxyl groups excluding tert-OH is 2. The normalized spacial score (nSPS) is 14.9. The molecule has 0 aliphatic heterocycles. The van der Waals surface area contributed by atoms with Crippen molar-refractivity contribution in [3.63, 3.8) is 0 Å². The molecule has 0 aromatic rings. The molecular formula is C42H73O9P. The third kappa shape index (κ3) is 37.7. The maximum atomic E-state index is 12.5. The van der Waals surface area contributed by atoms with Gasteiger partial charge in [-0.3, -0.25) is 13.8 Å². The Kier molecular flexibility index (Phi) is 37.1. The second-order valence-corrected chi connectivity index (χ2v) is 14.4. The van der Waals surface area contributed by atoms with Crippen LogP contribution in [0, 0.1) is 0 Å². The van der Waals surface area contributed by atoms with Gasteiger partial charge in [0, 0.05) is 6.61 Å². The molecule has 9 nitrogen and oxygen atoms in total. The number of carbonyl (C=O) groups is 1. The Bertz CT molecular complexity index is 1030. The molecule has 0 amide bonds. The molecule has 0 heterocycles. The van der Waals surface area contributed by atoms with Crippen LogP contribution >= 0.6 is 7.82 Å². The summed E-state index contributed by atoms with van der Waals surface area (Å²) in [5.74, 6) is -0.514. The number of unbranched alkanes of at least 4 members (excludes halogenated alkanes) is 12. The van der Waals surface area contributed by atoms with Crippen molar-refractivity contribution in [1.29, 1.82) is 0 Å². The molecule has 3 unspecified atom stereocenters. The number of ether oxygens (including phenoxy) is 2. The van der Waals surface area contributed by atoms with Gasteiger partial charge in [0.15, 0.2) is 0 Å². The van der Waals surface area contributed by atoms with Gasteiger partial charge in [-0.2, -0.15) is 0 Å². The molecule has 0 radical (unpaired) electrons. The summed E-state index contributed by atoms with van der Waals surface area (Å²) in [6.07, 6.45) is 44.6. The van der Waals surface area contributed by atoms with E-state index >= 15 is 0 Å². The largest absolute Gasteiger partial charge is 0.472 e. The highest BCUT2D eigenvalue weighted by molar-refractivity contribution is 7.47. The molecule has 0 aromatic carbocycles. The second-order valence-electron chi connectivity index (χ2n) is 12.9. The molecule has 0 aliphatic rings. The number of rotatable bonds is 37. The Labute approximate surface area is 316 Å². The first-order valence-electron chi connectivity index (χ1n) is 19.9. The summed E-state index contributed by atoms with van der Waals surface area (Å²) >= 11 is 0. The van der Waals surface area contributed by atoms with Gasteiger partial charge in [0.1, 0.15) is 12.2 Å². The van der Waals surface area contributed by atoms with Crippen molar-refractivity contribution in [2.75, 3.05) is 33.0 Å². The zero-order valence-electron chi connectivity index (χ0n) is 32.5. The molecule has 10 heteroatoms. The van der Waals surface area contributed by atoms with E-state index in [0.29, 0.717) is 13.0 Å². The highest BCUT2D eigenvalue weighted by Crippen LogP contribution is 2.43. The summed E-state index contributed by atoms with van der Waals surface area (Å²) in [5.41, 5.74) is 0. The van der Waals surface area contributed by atoms with E-state index in [0.717, 1.165) is 51.4 Å². The molecule has 0 saturated heterocycles. The lowest BCUT2D eigenvalue weighted by Gasteiger charge is -2.20. The summed E-state index contributed by atoms with van der Waals surface area (Å²) < 4.78 is 33.1. The summed E-state index contributed by atoms with van der Waals surface area (Å²) in [5, 5.41) is 18.3. The van der Waals surface area contributed by atoms with Crippen LogP contribution in [0.4, 0.5) is 0 Å². The molecule has 0 fully saturated rings. The standard InChI is InChI=1S/C42H73O9P/c1-3-5-7-9-11-13-15-17-19-21-23-25-27-29-31-33-35-48-38-41(39-50-52(46,47)49-37-40(44)36-43)51-42(45)34-32-30-28-26-24-22-20-18-16-14-12-10-8-6-4-2/h6,8,12,14,17-20,24,26,30,32,40-41,43-44H,3-5,7,9-11,13,15-16,21-23,25,27-29,31,33-39H2,1-2H3,(H,46,47)/b8-6-,14-12-,19-17-,20-18-,26-24-,32-30-. The van der Waals surface area contributed by atoms with Crippen molar-refractivity contribution in [3.8, 4) is 0 Å². The first-order chi connectivity index (χ1) is 25.3. The predicted octanol–water partition coefficient (Wildman–Crippen LogP) is 10.6. The maximum absolute atomic E-state index is 12.5. The van der Waals surface area contributed by atoms with Crippen LogP contribution in [0.2, 0.25) is 0 Å². The van der Waals surface area contributed by atoms with Crippen LogP contribution in [0.25, 0.3) is 0 Å². The number of esters is 1. The van der Waals surface area contributed by atoms with Crippen LogP contribution in [-0.2, 0) is 27.9 Å². The Hall–Kier alpha value is -2.10. The number of phosphoric acid groups is 1. The van der Waals surface area contributed by atoms with E-state index in [4.69, 9.17) is 23.6 Å². The average molecular weight is 753 g/mol. The monoisotopic (exact) mass is 752 g/mol. The van der Waals surface area contributed by atoms with Gasteiger partial charge < -0.3 is 24.6 Å². The quantitative estimate of drug-likeness (QED) is 0.0245. The van der Waals surface area contributed by atoms with Gasteiger partial charge in [0.05, 0.1) is 32.8 Å². The highest BCUT2D eigenvalue weighted by Gasteiger charge is 2.26. The molecule has 0 spiro atoms. The third-order valence-corrected chi connectivity index (χ3v) is 8.86. The summed E-state index contributed by atoms with van der Waals surface area (Å²) in [6, 6.07) is 0. The van der Waals surface area contributed by atoms with E-state index in [9.17, 15) is 19.4 Å². The molecule has 3 N–H and O–H groups in total. The highest BCUT2D eigenvalue weighted by atomic mass is 31.2. The number of carbonyl (C=O) groups excluding carboxylic acids is 1. The minimum absolute atomic E-state index is 0.00173. The van der Waals surface area contributed by atoms with E-state index in [2.05, 4.69) is 68.5 Å². The first-order valence-corrected chi connectivity index (χ1v) is 21.4. The van der Waals surface area contributed by atoms with Crippen molar-refractivity contribution in [2.45, 2.75) is 154 Å². The molecule has 0 saturated carbocycles. The first kappa shape index (κ1) is 49.9. The number of hydrogen-bond acceptors (Lipinski definition) is 8. The third-order valence-electron chi connectivity index (χ3n) is 7.91. The van der Waals surface area contributed by atoms with Crippen molar-refractivity contribution in [1.82, 2.24) is 0 Å². The minimum atomic E-state index is -4.54. The summed E-state index contributed by atoms with van der Waals surface area (Å²) in [7, 11) is -4.54. The fourth-order valence-corrected chi connectivity index (χ4v) is 5.68. The zero-order valence-corrected chi connectivity index (χ0v) is 33.4. The minimum Gasteiger partial charge on any atom is -0.457 e. The second kappa shape index (κ2) is 38.6. The maximum Gasteiger partial charge on any atom is 0.472 e. The van der Waals surface area contributed by atoms with Gasteiger partial charge in [0.2, 0.25) is 0 Å². The summed E-state index contributed by atoms with van der Waals surface area (Å²) in [4.78, 5) is 22.4. The van der Waals surface area contributed by atoms with Gasteiger partial charge in [-0.05, 0) is 64.2 Å². The van der Waals surface area contributed by atoms with Crippen molar-refractivity contribution >= 4 is 13.8 Å². The lowest BCUT2D eigenvalue weighted by atomic mass is 10.1. The van der Waals surface area contributed by atoms with E-state index < -0.39 is 45.8 Å². The number of hydrogen-bond donors (Lipinski definition) is 3. The number of phosphoric ester groups is 1. The van der Waals surface area contributed by atoms with Crippen LogP contribution in [0.3, 0.4) is 0 Å². The Balaban J connectivity index is 4.37. The van der Waals surface area contributed by atoms with Gasteiger partial charge >= 0.3 is 13.8 Å². The number of allylic oxidation sites excluding steroid dienone is 11. The van der Waals surface area contributed by atoms with Crippen molar-refractivity contribution < 1.29 is 43.0 Å². The molecule has 300 valence electrons. The van der Waals surface area contributed by atoms with Crippen LogP contribution in [0.5, 0.6) is 0 Å². The SMILES string of the molecule is CC/C=C\C/C=C\C/C=C\C/C=C\C/C=C\CC(=O)OC(COCCCCCCCC/C=C\CCCCCCCC)COP(=O)(O)OCC(O)CO. The zero-order chi connectivity index (χ0) is 38.2. The Morgan fingerprint density at radius 3 is 1.63 bits per heavy atom. The average Bonchev–Trinajstić information content (AvgIpc) is 3.13.